The number of benzene rings is 1. The van der Waals surface area contributed by atoms with Crippen molar-refractivity contribution in [3.8, 4) is 0 Å². The Hall–Kier alpha value is -1.04. The van der Waals surface area contributed by atoms with Crippen LogP contribution in [-0.4, -0.2) is 54.9 Å². The predicted molar refractivity (Wildman–Crippen MR) is 101 cm³/mol. The number of ether oxygens (including phenoxy) is 1. The molecule has 4 rings (SSSR count). The summed E-state index contributed by atoms with van der Waals surface area (Å²) < 4.78 is 5.70. The highest BCUT2D eigenvalue weighted by molar-refractivity contribution is 7.99. The lowest BCUT2D eigenvalue weighted by atomic mass is 10.1. The average molecular weight is 361 g/mol. The summed E-state index contributed by atoms with van der Waals surface area (Å²) in [5.74, 6) is 1.61. The molecule has 0 aromatic heterocycles. The number of likely N-dealkylation sites (tertiary alicyclic amines) is 1. The van der Waals surface area contributed by atoms with E-state index in [4.69, 9.17) is 4.74 Å². The Morgan fingerprint density at radius 3 is 2.92 bits per heavy atom. The van der Waals surface area contributed by atoms with Gasteiger partial charge >= 0.3 is 0 Å². The van der Waals surface area contributed by atoms with Crippen molar-refractivity contribution in [3.05, 3.63) is 29.8 Å². The Morgan fingerprint density at radius 1 is 1.24 bits per heavy atom. The van der Waals surface area contributed by atoms with Gasteiger partial charge in [-0.15, -0.1) is 11.8 Å². The van der Waals surface area contributed by atoms with Crippen LogP contribution in [0.25, 0.3) is 0 Å². The first-order valence-electron chi connectivity index (χ1n) is 9.65. The van der Waals surface area contributed by atoms with Gasteiger partial charge in [-0.1, -0.05) is 12.1 Å². The van der Waals surface area contributed by atoms with E-state index in [0.717, 1.165) is 54.8 Å². The first kappa shape index (κ1) is 17.4. The first-order valence-corrected chi connectivity index (χ1v) is 10.6. The van der Waals surface area contributed by atoms with E-state index in [-0.39, 0.29) is 5.91 Å². The molecule has 1 aromatic rings. The highest BCUT2D eigenvalue weighted by Crippen LogP contribution is 2.31. The molecule has 1 amide bonds. The second kappa shape index (κ2) is 8.11. The summed E-state index contributed by atoms with van der Waals surface area (Å²) in [5.41, 5.74) is 0.808. The smallest absolute Gasteiger partial charge is 0.252 e. The molecule has 3 aliphatic rings. The van der Waals surface area contributed by atoms with Gasteiger partial charge in [-0.2, -0.15) is 0 Å². The molecule has 0 bridgehead atoms. The highest BCUT2D eigenvalue weighted by Gasteiger charge is 2.34. The van der Waals surface area contributed by atoms with Crippen LogP contribution in [-0.2, 0) is 4.74 Å². The number of carbonyl (C=O) groups is 1. The highest BCUT2D eigenvalue weighted by atomic mass is 32.2. The molecule has 2 saturated heterocycles. The number of nitrogens with zero attached hydrogens (tertiary/aromatic N) is 1. The van der Waals surface area contributed by atoms with E-state index in [2.05, 4.69) is 16.3 Å². The van der Waals surface area contributed by atoms with Gasteiger partial charge in [-0.25, -0.2) is 0 Å². The predicted octanol–water partition coefficient (Wildman–Crippen LogP) is 3.17. The molecule has 1 saturated carbocycles. The van der Waals surface area contributed by atoms with Gasteiger partial charge in [0.05, 0.1) is 11.7 Å². The minimum atomic E-state index is 0.0697. The van der Waals surface area contributed by atoms with Crippen molar-refractivity contribution in [1.82, 2.24) is 10.2 Å². The molecular formula is C20H28N2O2S. The van der Waals surface area contributed by atoms with Crippen LogP contribution in [0.1, 0.15) is 42.5 Å². The van der Waals surface area contributed by atoms with E-state index < -0.39 is 0 Å². The quantitative estimate of drug-likeness (QED) is 0.759. The minimum Gasteiger partial charge on any atom is -0.377 e. The second-order valence-corrected chi connectivity index (χ2v) is 8.59. The summed E-state index contributed by atoms with van der Waals surface area (Å²) in [7, 11) is 0. The molecule has 5 heteroatoms. The van der Waals surface area contributed by atoms with Crippen molar-refractivity contribution in [2.75, 3.05) is 32.0 Å². The lowest BCUT2D eigenvalue weighted by Crippen LogP contribution is -2.31. The summed E-state index contributed by atoms with van der Waals surface area (Å²) in [6.45, 7) is 4.04. The Kier molecular flexibility index (Phi) is 5.63. The van der Waals surface area contributed by atoms with Crippen molar-refractivity contribution >= 4 is 17.7 Å². The van der Waals surface area contributed by atoms with Crippen molar-refractivity contribution < 1.29 is 9.53 Å². The van der Waals surface area contributed by atoms with Crippen molar-refractivity contribution in [1.29, 1.82) is 0 Å². The van der Waals surface area contributed by atoms with Gasteiger partial charge in [-0.3, -0.25) is 4.79 Å². The molecule has 136 valence electrons. The second-order valence-electron chi connectivity index (χ2n) is 7.53. The molecule has 2 heterocycles. The van der Waals surface area contributed by atoms with Crippen LogP contribution in [0.2, 0.25) is 0 Å². The molecule has 4 nitrogen and oxygen atoms in total. The lowest BCUT2D eigenvalue weighted by molar-refractivity contribution is 0.0944. The Bertz CT molecular complexity index is 599. The number of carbonyl (C=O) groups excluding carboxylic acids is 1. The largest absolute Gasteiger partial charge is 0.377 e. The van der Waals surface area contributed by atoms with Crippen molar-refractivity contribution in [3.63, 3.8) is 0 Å². The van der Waals surface area contributed by atoms with E-state index in [9.17, 15) is 4.79 Å². The third kappa shape index (κ3) is 4.57. The van der Waals surface area contributed by atoms with E-state index >= 15 is 0 Å². The van der Waals surface area contributed by atoms with E-state index in [0.29, 0.717) is 12.0 Å². The average Bonchev–Trinajstić information content (AvgIpc) is 3.16. The molecule has 25 heavy (non-hydrogen) atoms. The topological polar surface area (TPSA) is 41.6 Å². The van der Waals surface area contributed by atoms with E-state index in [1.165, 1.54) is 25.8 Å². The zero-order valence-electron chi connectivity index (χ0n) is 14.8. The maximum absolute atomic E-state index is 12.7. The first-order chi connectivity index (χ1) is 12.3. The Morgan fingerprint density at radius 2 is 2.12 bits per heavy atom. The van der Waals surface area contributed by atoms with Gasteiger partial charge in [-0.05, 0) is 56.7 Å². The van der Waals surface area contributed by atoms with Gasteiger partial charge < -0.3 is 15.0 Å². The number of hydrogen-bond donors (Lipinski definition) is 1. The molecule has 1 aliphatic carbocycles. The molecular weight excluding hydrogens is 332 g/mol. The van der Waals surface area contributed by atoms with E-state index in [1.807, 2.05) is 18.2 Å². The van der Waals surface area contributed by atoms with Crippen molar-refractivity contribution in [2.45, 2.75) is 49.1 Å². The van der Waals surface area contributed by atoms with Crippen LogP contribution in [0.5, 0.6) is 0 Å². The van der Waals surface area contributed by atoms with Crippen LogP contribution in [0.4, 0.5) is 0 Å². The van der Waals surface area contributed by atoms with Crippen LogP contribution < -0.4 is 5.32 Å². The zero-order chi connectivity index (χ0) is 17.1. The van der Waals surface area contributed by atoms with E-state index in [1.54, 1.807) is 11.8 Å². The zero-order valence-corrected chi connectivity index (χ0v) is 15.6. The molecule has 0 radical (unpaired) electrons. The van der Waals surface area contributed by atoms with Crippen LogP contribution in [0, 0.1) is 5.92 Å². The summed E-state index contributed by atoms with van der Waals surface area (Å²) in [5, 5.41) is 3.18. The standard InChI is InChI=1S/C20H28N2O2S/c23-20(21-12-15-9-10-22(13-15)16-7-8-16)18-5-1-2-6-19(18)25-14-17-4-3-11-24-17/h1-2,5-6,15-17H,3-4,7-14H2,(H,21,23)/t15-,17-/m1/s1. The van der Waals surface area contributed by atoms with Gasteiger partial charge in [0.25, 0.3) is 5.91 Å². The number of amides is 1. The number of hydrogen-bond acceptors (Lipinski definition) is 4. The summed E-state index contributed by atoms with van der Waals surface area (Å²) in [4.78, 5) is 16.3. The number of thioether (sulfide) groups is 1. The minimum absolute atomic E-state index is 0.0697. The van der Waals surface area contributed by atoms with Crippen LogP contribution >= 0.6 is 11.8 Å². The lowest BCUT2D eigenvalue weighted by Gasteiger charge is -2.16. The fourth-order valence-electron chi connectivity index (χ4n) is 3.87. The molecule has 2 atom stereocenters. The third-order valence-electron chi connectivity index (χ3n) is 5.51. The molecule has 2 aliphatic heterocycles. The normalized spacial score (nSPS) is 26.9. The molecule has 0 spiro atoms. The fourth-order valence-corrected chi connectivity index (χ4v) is 4.99. The van der Waals surface area contributed by atoms with Crippen molar-refractivity contribution in [2.24, 2.45) is 5.92 Å². The molecule has 3 fully saturated rings. The molecule has 1 N–H and O–H groups in total. The molecule has 1 aromatic carbocycles. The summed E-state index contributed by atoms with van der Waals surface area (Å²) in [6.07, 6.45) is 6.59. The van der Waals surface area contributed by atoms with Gasteiger partial charge in [0.1, 0.15) is 0 Å². The van der Waals surface area contributed by atoms with Gasteiger partial charge in [0.15, 0.2) is 0 Å². The van der Waals surface area contributed by atoms with Crippen LogP contribution in [0.3, 0.4) is 0 Å². The number of nitrogens with one attached hydrogen (secondary N) is 1. The van der Waals surface area contributed by atoms with Crippen LogP contribution in [0.15, 0.2) is 29.2 Å². The number of rotatable bonds is 7. The summed E-state index contributed by atoms with van der Waals surface area (Å²) >= 11 is 1.75. The Balaban J connectivity index is 1.28. The van der Waals surface area contributed by atoms with Gasteiger partial charge in [0, 0.05) is 36.4 Å². The monoisotopic (exact) mass is 360 g/mol. The SMILES string of the molecule is O=C(NC[C@H]1CCN(C2CC2)C1)c1ccccc1SC[C@H]1CCCO1. The van der Waals surface area contributed by atoms with Gasteiger partial charge in [0.2, 0.25) is 0 Å². The fraction of sp³-hybridized carbons (Fsp3) is 0.650. The Labute approximate surface area is 154 Å². The maximum atomic E-state index is 12.7. The molecule has 0 unspecified atom stereocenters. The maximum Gasteiger partial charge on any atom is 0.252 e. The third-order valence-corrected chi connectivity index (χ3v) is 6.72. The summed E-state index contributed by atoms with van der Waals surface area (Å²) in [6, 6.07) is 8.81.